The molecule has 0 radical (unpaired) electrons. The molecule has 2 N–H and O–H groups in total. The minimum absolute atomic E-state index is 0.00358. The zero-order valence-electron chi connectivity index (χ0n) is 11.0. The number of ether oxygens (including phenoxy) is 1. The molecule has 1 aliphatic heterocycles. The van der Waals surface area contributed by atoms with Crippen LogP contribution in [-0.4, -0.2) is 39.0 Å². The van der Waals surface area contributed by atoms with Crippen LogP contribution in [0.15, 0.2) is 17.0 Å². The fraction of sp³-hybridized carbons (Fsp3) is 0.500. The van der Waals surface area contributed by atoms with Crippen LogP contribution < -0.4 is 5.73 Å². The smallest absolute Gasteiger partial charge is 0.244 e. The van der Waals surface area contributed by atoms with Gasteiger partial charge in [-0.25, -0.2) is 8.42 Å². The van der Waals surface area contributed by atoms with Crippen LogP contribution in [0.1, 0.15) is 12.0 Å². The SMILES string of the molecule is COC1CCN(S(=O)(=O)c2cc(Cl)cc(CN)c2Cl)C1. The molecule has 1 unspecified atom stereocenters. The topological polar surface area (TPSA) is 72.6 Å². The van der Waals surface area contributed by atoms with Crippen molar-refractivity contribution in [2.45, 2.75) is 24.0 Å². The predicted octanol–water partition coefficient (Wildman–Crippen LogP) is 1.86. The molecule has 1 saturated heterocycles. The van der Waals surface area contributed by atoms with Gasteiger partial charge in [0.1, 0.15) is 4.90 Å². The molecule has 112 valence electrons. The summed E-state index contributed by atoms with van der Waals surface area (Å²) in [5.41, 5.74) is 6.07. The average molecular weight is 339 g/mol. The summed E-state index contributed by atoms with van der Waals surface area (Å²) in [7, 11) is -2.12. The lowest BCUT2D eigenvalue weighted by Gasteiger charge is -2.18. The van der Waals surface area contributed by atoms with Crippen LogP contribution in [0.5, 0.6) is 0 Å². The second kappa shape index (κ2) is 6.17. The normalized spacial score (nSPS) is 20.5. The highest BCUT2D eigenvalue weighted by atomic mass is 35.5. The number of sulfonamides is 1. The van der Waals surface area contributed by atoms with Crippen molar-refractivity contribution in [3.8, 4) is 0 Å². The van der Waals surface area contributed by atoms with Gasteiger partial charge in [0.2, 0.25) is 10.0 Å². The monoisotopic (exact) mass is 338 g/mol. The molecule has 5 nitrogen and oxygen atoms in total. The minimum atomic E-state index is -3.69. The number of halogens is 2. The second-order valence-electron chi connectivity index (χ2n) is 4.59. The Morgan fingerprint density at radius 2 is 2.15 bits per heavy atom. The van der Waals surface area contributed by atoms with Gasteiger partial charge >= 0.3 is 0 Å². The first kappa shape index (κ1) is 16.0. The summed E-state index contributed by atoms with van der Waals surface area (Å²) in [5, 5.41) is 0.439. The number of hydrogen-bond donors (Lipinski definition) is 1. The van der Waals surface area contributed by atoms with Crippen molar-refractivity contribution in [1.29, 1.82) is 0 Å². The molecule has 20 heavy (non-hydrogen) atoms. The van der Waals surface area contributed by atoms with Crippen LogP contribution in [-0.2, 0) is 21.3 Å². The summed E-state index contributed by atoms with van der Waals surface area (Å²) in [6, 6.07) is 2.93. The maximum absolute atomic E-state index is 12.6. The summed E-state index contributed by atoms with van der Waals surface area (Å²) >= 11 is 12.1. The molecule has 0 amide bonds. The van der Waals surface area contributed by atoms with E-state index in [1.807, 2.05) is 0 Å². The Labute approximate surface area is 128 Å². The molecule has 1 heterocycles. The third kappa shape index (κ3) is 2.95. The van der Waals surface area contributed by atoms with Crippen LogP contribution in [0.4, 0.5) is 0 Å². The lowest BCUT2D eigenvalue weighted by Crippen LogP contribution is -2.30. The van der Waals surface area contributed by atoms with Crippen LogP contribution >= 0.6 is 23.2 Å². The fourth-order valence-corrected chi connectivity index (χ4v) is 4.61. The quantitative estimate of drug-likeness (QED) is 0.909. The lowest BCUT2D eigenvalue weighted by atomic mass is 10.2. The molecule has 1 aromatic carbocycles. The predicted molar refractivity (Wildman–Crippen MR) is 78.5 cm³/mol. The Morgan fingerprint density at radius 3 is 2.70 bits per heavy atom. The molecule has 1 aliphatic rings. The van der Waals surface area contributed by atoms with E-state index in [0.29, 0.717) is 30.1 Å². The van der Waals surface area contributed by atoms with Gasteiger partial charge in [-0.15, -0.1) is 0 Å². The summed E-state index contributed by atoms with van der Waals surface area (Å²) in [5.74, 6) is 0. The molecule has 2 rings (SSSR count). The van der Waals surface area contributed by atoms with Gasteiger partial charge in [0.25, 0.3) is 0 Å². The van der Waals surface area contributed by atoms with Gasteiger partial charge in [0.05, 0.1) is 11.1 Å². The maximum atomic E-state index is 12.6. The number of nitrogens with two attached hydrogens (primary N) is 1. The van der Waals surface area contributed by atoms with E-state index in [0.717, 1.165) is 0 Å². The molecule has 0 aliphatic carbocycles. The molecule has 1 aromatic rings. The van der Waals surface area contributed by atoms with Crippen molar-refractivity contribution >= 4 is 33.2 Å². The van der Waals surface area contributed by atoms with Crippen molar-refractivity contribution in [3.05, 3.63) is 27.7 Å². The first-order chi connectivity index (χ1) is 9.40. The summed E-state index contributed by atoms with van der Waals surface area (Å²) in [4.78, 5) is 0.00358. The highest BCUT2D eigenvalue weighted by molar-refractivity contribution is 7.89. The van der Waals surface area contributed by atoms with Crippen molar-refractivity contribution in [2.75, 3.05) is 20.2 Å². The third-order valence-electron chi connectivity index (χ3n) is 3.36. The van der Waals surface area contributed by atoms with Gasteiger partial charge in [-0.3, -0.25) is 0 Å². The number of benzene rings is 1. The van der Waals surface area contributed by atoms with Crippen molar-refractivity contribution in [1.82, 2.24) is 4.31 Å². The molecule has 0 bridgehead atoms. The summed E-state index contributed by atoms with van der Waals surface area (Å²) in [6.45, 7) is 0.851. The standard InChI is InChI=1S/C12H16Cl2N2O3S/c1-19-10-2-3-16(7-10)20(17,18)11-5-9(13)4-8(6-15)12(11)14/h4-5,10H,2-3,6-7,15H2,1H3. The Morgan fingerprint density at radius 1 is 1.45 bits per heavy atom. The van der Waals surface area contributed by atoms with E-state index in [2.05, 4.69) is 0 Å². The van der Waals surface area contributed by atoms with Crippen molar-refractivity contribution in [3.63, 3.8) is 0 Å². The van der Waals surface area contributed by atoms with Gasteiger partial charge < -0.3 is 10.5 Å². The highest BCUT2D eigenvalue weighted by Crippen LogP contribution is 2.32. The largest absolute Gasteiger partial charge is 0.380 e. The number of nitrogens with zero attached hydrogens (tertiary/aromatic N) is 1. The first-order valence-corrected chi connectivity index (χ1v) is 8.30. The molecule has 0 spiro atoms. The Hall–Kier alpha value is -0.370. The van der Waals surface area contributed by atoms with Crippen LogP contribution in [0, 0.1) is 0 Å². The van der Waals surface area contributed by atoms with Crippen LogP contribution in [0.25, 0.3) is 0 Å². The number of hydrogen-bond acceptors (Lipinski definition) is 4. The van der Waals surface area contributed by atoms with E-state index in [4.69, 9.17) is 33.7 Å². The summed E-state index contributed by atoms with van der Waals surface area (Å²) in [6.07, 6.45) is 0.578. The average Bonchev–Trinajstić information content (AvgIpc) is 2.90. The summed E-state index contributed by atoms with van der Waals surface area (Å²) < 4.78 is 31.8. The molecule has 1 atom stereocenters. The van der Waals surface area contributed by atoms with E-state index in [-0.39, 0.29) is 22.6 Å². The van der Waals surface area contributed by atoms with Crippen LogP contribution in [0.3, 0.4) is 0 Å². The van der Waals surface area contributed by atoms with Crippen LogP contribution in [0.2, 0.25) is 10.0 Å². The third-order valence-corrected chi connectivity index (χ3v) is 6.02. The Balaban J connectivity index is 2.42. The Bertz CT molecular complexity index is 607. The van der Waals surface area contributed by atoms with Gasteiger partial charge in [-0.2, -0.15) is 4.31 Å². The second-order valence-corrected chi connectivity index (χ2v) is 7.31. The molecular formula is C12H16Cl2N2O3S. The van der Waals surface area contributed by atoms with E-state index in [9.17, 15) is 8.42 Å². The maximum Gasteiger partial charge on any atom is 0.244 e. The van der Waals surface area contributed by atoms with Gasteiger partial charge in [-0.1, -0.05) is 23.2 Å². The van der Waals surface area contributed by atoms with E-state index >= 15 is 0 Å². The molecular weight excluding hydrogens is 323 g/mol. The fourth-order valence-electron chi connectivity index (χ4n) is 2.20. The minimum Gasteiger partial charge on any atom is -0.380 e. The van der Waals surface area contributed by atoms with E-state index < -0.39 is 10.0 Å². The van der Waals surface area contributed by atoms with E-state index in [1.165, 1.54) is 10.4 Å². The van der Waals surface area contributed by atoms with Crippen molar-refractivity contribution in [2.24, 2.45) is 5.73 Å². The highest BCUT2D eigenvalue weighted by Gasteiger charge is 2.34. The number of methoxy groups -OCH3 is 1. The molecule has 0 aromatic heterocycles. The van der Waals surface area contributed by atoms with Gasteiger partial charge in [0, 0.05) is 31.8 Å². The lowest BCUT2D eigenvalue weighted by molar-refractivity contribution is 0.115. The zero-order valence-corrected chi connectivity index (χ0v) is 13.3. The zero-order chi connectivity index (χ0) is 14.9. The number of rotatable bonds is 4. The molecule has 8 heteroatoms. The van der Waals surface area contributed by atoms with Gasteiger partial charge in [-0.05, 0) is 24.1 Å². The van der Waals surface area contributed by atoms with E-state index in [1.54, 1.807) is 13.2 Å². The van der Waals surface area contributed by atoms with Crippen molar-refractivity contribution < 1.29 is 13.2 Å². The Kier molecular flexibility index (Phi) is 4.94. The first-order valence-electron chi connectivity index (χ1n) is 6.11. The van der Waals surface area contributed by atoms with Gasteiger partial charge in [0.15, 0.2) is 0 Å². The molecule has 1 fully saturated rings. The molecule has 0 saturated carbocycles.